The molecule has 2 fully saturated rings. The molecule has 1 aromatic heterocycles. The Kier molecular flexibility index (Phi) is 5.70. The van der Waals surface area contributed by atoms with Crippen LogP contribution in [0.5, 0.6) is 0 Å². The average Bonchev–Trinajstić information content (AvgIpc) is 3.37. The summed E-state index contributed by atoms with van der Waals surface area (Å²) in [5, 5.41) is 0. The fraction of sp³-hybridized carbons (Fsp3) is 0.333. The molecule has 9 nitrogen and oxygen atoms in total. The predicted molar refractivity (Wildman–Crippen MR) is 107 cm³/mol. The number of hydrogen-bond acceptors (Lipinski definition) is 7. The van der Waals surface area contributed by atoms with Gasteiger partial charge in [0.2, 0.25) is 0 Å². The first kappa shape index (κ1) is 20.6. The topological polar surface area (TPSA) is 98.3 Å². The third-order valence-electron chi connectivity index (χ3n) is 5.13. The molecule has 162 valence electrons. The number of carbonyl (C=O) groups excluding carboxylic acids is 3. The van der Waals surface area contributed by atoms with E-state index >= 15 is 0 Å². The zero-order chi connectivity index (χ0) is 22.0. The Morgan fingerprint density at radius 2 is 2.06 bits per heavy atom. The number of anilines is 2. The fourth-order valence-electron chi connectivity index (χ4n) is 3.48. The predicted octanol–water partition coefficient (Wildman–Crippen LogP) is 3.12. The van der Waals surface area contributed by atoms with Gasteiger partial charge in [-0.2, -0.15) is 0 Å². The quantitative estimate of drug-likeness (QED) is 0.514. The Hall–Kier alpha value is -3.69. The monoisotopic (exact) mass is 429 g/mol. The number of hydrogen-bond donors (Lipinski definition) is 0. The highest BCUT2D eigenvalue weighted by molar-refractivity contribution is 5.90. The van der Waals surface area contributed by atoms with Crippen LogP contribution in [0.15, 0.2) is 36.5 Å². The van der Waals surface area contributed by atoms with Crippen LogP contribution >= 0.6 is 0 Å². The number of ether oxygens (including phenoxy) is 3. The normalized spacial score (nSPS) is 18.2. The minimum absolute atomic E-state index is 0.133. The number of carbonyl (C=O) groups is 3. The molecule has 31 heavy (non-hydrogen) atoms. The number of rotatable bonds is 6. The van der Waals surface area contributed by atoms with Crippen LogP contribution in [0.1, 0.15) is 12.8 Å². The number of pyridine rings is 1. The van der Waals surface area contributed by atoms with E-state index in [1.54, 1.807) is 24.3 Å². The summed E-state index contributed by atoms with van der Waals surface area (Å²) < 4.78 is 29.6. The Bertz CT molecular complexity index is 1010. The van der Waals surface area contributed by atoms with Crippen molar-refractivity contribution in [3.8, 4) is 11.1 Å². The highest BCUT2D eigenvalue weighted by Crippen LogP contribution is 2.30. The summed E-state index contributed by atoms with van der Waals surface area (Å²) in [5.41, 5.74) is 1.19. The molecule has 10 heteroatoms. The largest absolute Gasteiger partial charge is 0.469 e. The van der Waals surface area contributed by atoms with Crippen LogP contribution in [-0.4, -0.2) is 56.0 Å². The van der Waals surface area contributed by atoms with E-state index in [1.807, 2.05) is 0 Å². The maximum atomic E-state index is 14.8. The smallest absolute Gasteiger partial charge is 0.415 e. The van der Waals surface area contributed by atoms with Crippen LogP contribution in [0.3, 0.4) is 0 Å². The highest BCUT2D eigenvalue weighted by Gasteiger charge is 2.33. The van der Waals surface area contributed by atoms with E-state index in [-0.39, 0.29) is 18.9 Å². The molecule has 2 aliphatic heterocycles. The summed E-state index contributed by atoms with van der Waals surface area (Å²) in [5.74, 6) is -0.481. The van der Waals surface area contributed by atoms with Crippen molar-refractivity contribution in [3.63, 3.8) is 0 Å². The molecule has 0 spiro atoms. The standard InChI is InChI=1S/C21H20FN3O6/c1-29-19(26)7-4-15-12-25(21(28)31-15)14-3-5-16(17(22)10-14)13-2-6-18(23-11-13)24-8-9-30-20(24)27/h2-3,5-6,10-11,15H,4,7-9,12H2,1H3/t15-/m0/s1. The zero-order valence-corrected chi connectivity index (χ0v) is 16.7. The first-order valence-corrected chi connectivity index (χ1v) is 9.71. The van der Waals surface area contributed by atoms with Crippen LogP contribution in [0, 0.1) is 5.82 Å². The van der Waals surface area contributed by atoms with Gasteiger partial charge >= 0.3 is 18.2 Å². The van der Waals surface area contributed by atoms with Gasteiger partial charge in [0, 0.05) is 23.7 Å². The second-order valence-corrected chi connectivity index (χ2v) is 7.07. The highest BCUT2D eigenvalue weighted by atomic mass is 19.1. The zero-order valence-electron chi connectivity index (χ0n) is 16.7. The molecule has 1 aromatic carbocycles. The number of aromatic nitrogens is 1. The fourth-order valence-corrected chi connectivity index (χ4v) is 3.48. The van der Waals surface area contributed by atoms with Crippen molar-refractivity contribution >= 4 is 29.7 Å². The van der Waals surface area contributed by atoms with Crippen LogP contribution in [0.2, 0.25) is 0 Å². The Balaban J connectivity index is 1.46. The number of cyclic esters (lactones) is 2. The third kappa shape index (κ3) is 4.27. The van der Waals surface area contributed by atoms with E-state index in [0.29, 0.717) is 42.2 Å². The maximum Gasteiger partial charge on any atom is 0.415 e. The molecule has 0 saturated carbocycles. The second-order valence-electron chi connectivity index (χ2n) is 7.07. The average molecular weight is 429 g/mol. The number of methoxy groups -OCH3 is 1. The Labute approximate surface area is 177 Å². The lowest BCUT2D eigenvalue weighted by molar-refractivity contribution is -0.141. The van der Waals surface area contributed by atoms with Gasteiger partial charge < -0.3 is 14.2 Å². The molecule has 2 aliphatic rings. The number of amides is 2. The molecular formula is C21H20FN3O6. The SMILES string of the molecule is COC(=O)CC[C@H]1CN(c2ccc(-c3ccc(N4CCOC4=O)nc3)c(F)c2)C(=O)O1. The van der Waals surface area contributed by atoms with E-state index in [1.165, 1.54) is 29.2 Å². The summed E-state index contributed by atoms with van der Waals surface area (Å²) in [6, 6.07) is 7.72. The van der Waals surface area contributed by atoms with Crippen LogP contribution < -0.4 is 9.80 Å². The molecule has 2 amide bonds. The molecule has 0 aliphatic carbocycles. The van der Waals surface area contributed by atoms with Crippen molar-refractivity contribution in [1.29, 1.82) is 0 Å². The summed E-state index contributed by atoms with van der Waals surface area (Å²) in [6.07, 6.45) is 0.421. The van der Waals surface area contributed by atoms with Crippen molar-refractivity contribution < 1.29 is 33.0 Å². The van der Waals surface area contributed by atoms with Gasteiger partial charge in [0.1, 0.15) is 24.3 Å². The van der Waals surface area contributed by atoms with Gasteiger partial charge in [-0.1, -0.05) is 0 Å². The Morgan fingerprint density at radius 1 is 1.23 bits per heavy atom. The summed E-state index contributed by atoms with van der Waals surface area (Å²) in [7, 11) is 1.29. The van der Waals surface area contributed by atoms with Crippen molar-refractivity contribution in [2.75, 3.05) is 36.6 Å². The van der Waals surface area contributed by atoms with Gasteiger partial charge in [-0.05, 0) is 36.8 Å². The minimum Gasteiger partial charge on any atom is -0.469 e. The summed E-state index contributed by atoms with van der Waals surface area (Å²) in [4.78, 5) is 42.0. The number of benzene rings is 1. The van der Waals surface area contributed by atoms with Gasteiger partial charge in [0.05, 0.1) is 25.9 Å². The van der Waals surface area contributed by atoms with E-state index in [2.05, 4.69) is 9.72 Å². The molecule has 4 rings (SSSR count). The second kappa shape index (κ2) is 8.58. The molecule has 0 radical (unpaired) electrons. The van der Waals surface area contributed by atoms with Crippen LogP contribution in [0.25, 0.3) is 11.1 Å². The van der Waals surface area contributed by atoms with Crippen molar-refractivity contribution in [2.24, 2.45) is 0 Å². The molecule has 2 saturated heterocycles. The summed E-state index contributed by atoms with van der Waals surface area (Å²) in [6.45, 7) is 0.943. The first-order chi connectivity index (χ1) is 15.0. The number of esters is 1. The number of nitrogens with zero attached hydrogens (tertiary/aromatic N) is 3. The van der Waals surface area contributed by atoms with Crippen molar-refractivity contribution in [2.45, 2.75) is 18.9 Å². The lowest BCUT2D eigenvalue weighted by atomic mass is 10.1. The molecule has 0 N–H and O–H groups in total. The molecule has 2 aromatic rings. The van der Waals surface area contributed by atoms with E-state index in [0.717, 1.165) is 0 Å². The lowest BCUT2D eigenvalue weighted by Gasteiger charge is -2.15. The van der Waals surface area contributed by atoms with Crippen molar-refractivity contribution in [3.05, 3.63) is 42.3 Å². The van der Waals surface area contributed by atoms with Gasteiger partial charge in [0.15, 0.2) is 0 Å². The van der Waals surface area contributed by atoms with Gasteiger partial charge in [0.25, 0.3) is 0 Å². The first-order valence-electron chi connectivity index (χ1n) is 9.71. The Morgan fingerprint density at radius 3 is 2.71 bits per heavy atom. The lowest BCUT2D eigenvalue weighted by Crippen LogP contribution is -2.24. The van der Waals surface area contributed by atoms with Crippen LogP contribution in [0.4, 0.5) is 25.5 Å². The molecule has 0 bridgehead atoms. The van der Waals surface area contributed by atoms with E-state index < -0.39 is 24.1 Å². The van der Waals surface area contributed by atoms with Gasteiger partial charge in [-0.3, -0.25) is 14.6 Å². The van der Waals surface area contributed by atoms with Gasteiger partial charge in [-0.25, -0.2) is 19.0 Å². The minimum atomic E-state index is -0.592. The third-order valence-corrected chi connectivity index (χ3v) is 5.13. The molecular weight excluding hydrogens is 409 g/mol. The van der Waals surface area contributed by atoms with Gasteiger partial charge in [-0.15, -0.1) is 0 Å². The van der Waals surface area contributed by atoms with Crippen LogP contribution in [-0.2, 0) is 19.0 Å². The summed E-state index contributed by atoms with van der Waals surface area (Å²) >= 11 is 0. The van der Waals surface area contributed by atoms with E-state index in [4.69, 9.17) is 9.47 Å². The van der Waals surface area contributed by atoms with E-state index in [9.17, 15) is 18.8 Å². The molecule has 0 unspecified atom stereocenters. The molecule has 1 atom stereocenters. The molecule has 3 heterocycles. The maximum absolute atomic E-state index is 14.8. The number of halogens is 1. The van der Waals surface area contributed by atoms with Crippen molar-refractivity contribution in [1.82, 2.24) is 4.98 Å².